The zero-order chi connectivity index (χ0) is 42.8. The Morgan fingerprint density at radius 2 is 0.661 bits per heavy atom. The standard InChI is InChI=1S/C55H105NO3/c1-3-5-7-9-11-13-15-17-19-20-21-22-23-24-25-26-27-28-29-30-31-32-33-34-35-36-37-39-41-43-45-47-49-51-55(59)56-53(52-57)54(58)50-48-46-44-42-40-38-18-16-14-12-10-8-6-4-2/h20-21,40,42,48,50,53-54,57-58H,3-19,22-39,41,43-47,49,51-52H2,1-2H3,(H,56,59)/b21-20-,42-40+,50-48+. The summed E-state index contributed by atoms with van der Waals surface area (Å²) in [6, 6.07) is -0.636. The average Bonchev–Trinajstić information content (AvgIpc) is 3.24. The first kappa shape index (κ1) is 57.6. The van der Waals surface area contributed by atoms with Gasteiger partial charge >= 0.3 is 0 Å². The van der Waals surface area contributed by atoms with E-state index in [0.29, 0.717) is 6.42 Å². The second-order valence-corrected chi connectivity index (χ2v) is 18.3. The van der Waals surface area contributed by atoms with Crippen LogP contribution in [-0.2, 0) is 4.79 Å². The van der Waals surface area contributed by atoms with E-state index >= 15 is 0 Å². The molecule has 3 N–H and O–H groups in total. The minimum absolute atomic E-state index is 0.0699. The number of carbonyl (C=O) groups is 1. The van der Waals surface area contributed by atoms with E-state index in [4.69, 9.17) is 0 Å². The Morgan fingerprint density at radius 3 is 0.983 bits per heavy atom. The largest absolute Gasteiger partial charge is 0.394 e. The van der Waals surface area contributed by atoms with Crippen molar-refractivity contribution in [1.82, 2.24) is 5.32 Å². The van der Waals surface area contributed by atoms with Crippen LogP contribution in [0, 0.1) is 0 Å². The molecule has 0 aromatic carbocycles. The lowest BCUT2D eigenvalue weighted by atomic mass is 10.0. The van der Waals surface area contributed by atoms with Crippen LogP contribution in [-0.4, -0.2) is 34.9 Å². The van der Waals surface area contributed by atoms with Gasteiger partial charge in [0.05, 0.1) is 18.8 Å². The van der Waals surface area contributed by atoms with Crippen molar-refractivity contribution >= 4 is 5.91 Å². The molecule has 2 unspecified atom stereocenters. The summed E-state index contributed by atoms with van der Waals surface area (Å²) in [7, 11) is 0. The number of hydrogen-bond acceptors (Lipinski definition) is 3. The summed E-state index contributed by atoms with van der Waals surface area (Å²) in [5.74, 6) is -0.0699. The Morgan fingerprint density at radius 1 is 0.390 bits per heavy atom. The lowest BCUT2D eigenvalue weighted by molar-refractivity contribution is -0.123. The first-order valence-electron chi connectivity index (χ1n) is 26.7. The lowest BCUT2D eigenvalue weighted by Crippen LogP contribution is -2.45. The number of aliphatic hydroxyl groups excluding tert-OH is 2. The molecule has 0 saturated carbocycles. The van der Waals surface area contributed by atoms with Gasteiger partial charge in [-0.15, -0.1) is 0 Å². The predicted octanol–water partition coefficient (Wildman–Crippen LogP) is 17.3. The smallest absolute Gasteiger partial charge is 0.220 e. The fourth-order valence-electron chi connectivity index (χ4n) is 8.25. The Hall–Kier alpha value is -1.39. The maximum atomic E-state index is 12.4. The molecule has 4 heteroatoms. The fourth-order valence-corrected chi connectivity index (χ4v) is 8.25. The third-order valence-corrected chi connectivity index (χ3v) is 12.3. The van der Waals surface area contributed by atoms with Crippen LogP contribution < -0.4 is 5.32 Å². The first-order valence-corrected chi connectivity index (χ1v) is 26.7. The molecule has 4 nitrogen and oxygen atoms in total. The van der Waals surface area contributed by atoms with E-state index < -0.39 is 12.1 Å². The number of carbonyl (C=O) groups excluding carboxylic acids is 1. The SMILES string of the molecule is CCCCCCCCCC/C=C\CCCCCCCCCCCCCCCCCCCCCCCC(=O)NC(CO)C(O)/C=C/CC/C=C/CCCCCCCCCC. The maximum Gasteiger partial charge on any atom is 0.220 e. The van der Waals surface area contributed by atoms with Gasteiger partial charge in [-0.25, -0.2) is 0 Å². The zero-order valence-electron chi connectivity index (χ0n) is 40.0. The van der Waals surface area contributed by atoms with Crippen LogP contribution in [0.4, 0.5) is 0 Å². The molecule has 0 heterocycles. The lowest BCUT2D eigenvalue weighted by Gasteiger charge is -2.19. The Labute approximate surface area is 370 Å². The Balaban J connectivity index is 3.43. The van der Waals surface area contributed by atoms with E-state index in [2.05, 4.69) is 43.5 Å². The van der Waals surface area contributed by atoms with E-state index in [9.17, 15) is 15.0 Å². The van der Waals surface area contributed by atoms with Gasteiger partial charge in [-0.3, -0.25) is 4.79 Å². The van der Waals surface area contributed by atoms with Crippen molar-refractivity contribution in [3.8, 4) is 0 Å². The molecular formula is C55H105NO3. The van der Waals surface area contributed by atoms with Crippen LogP contribution >= 0.6 is 0 Å². The summed E-state index contributed by atoms with van der Waals surface area (Å²) >= 11 is 0. The highest BCUT2D eigenvalue weighted by Gasteiger charge is 2.17. The van der Waals surface area contributed by atoms with Crippen molar-refractivity contribution in [2.24, 2.45) is 0 Å². The van der Waals surface area contributed by atoms with Crippen molar-refractivity contribution < 1.29 is 15.0 Å². The normalized spacial score (nSPS) is 13.1. The van der Waals surface area contributed by atoms with Gasteiger partial charge < -0.3 is 15.5 Å². The Bertz CT molecular complexity index is 897. The van der Waals surface area contributed by atoms with E-state index in [-0.39, 0.29) is 12.5 Å². The third kappa shape index (κ3) is 47.5. The summed E-state index contributed by atoms with van der Waals surface area (Å²) < 4.78 is 0. The highest BCUT2D eigenvalue weighted by Crippen LogP contribution is 2.17. The molecule has 0 saturated heterocycles. The fraction of sp³-hybridized carbons (Fsp3) is 0.873. The quantitative estimate of drug-likeness (QED) is 0.0423. The number of amides is 1. The molecule has 2 atom stereocenters. The number of aliphatic hydroxyl groups is 2. The summed E-state index contributed by atoms with van der Waals surface area (Å²) in [6.07, 6.45) is 68.8. The van der Waals surface area contributed by atoms with Crippen molar-refractivity contribution in [2.45, 2.75) is 302 Å². The second-order valence-electron chi connectivity index (χ2n) is 18.3. The molecule has 0 aliphatic carbocycles. The number of allylic oxidation sites excluding steroid dienone is 5. The molecule has 0 bridgehead atoms. The Kier molecular flexibility index (Phi) is 49.8. The molecule has 0 fully saturated rings. The highest BCUT2D eigenvalue weighted by molar-refractivity contribution is 5.76. The molecule has 59 heavy (non-hydrogen) atoms. The molecule has 1 amide bonds. The summed E-state index contributed by atoms with van der Waals surface area (Å²) in [5, 5.41) is 23.0. The van der Waals surface area contributed by atoms with Gasteiger partial charge in [-0.1, -0.05) is 262 Å². The van der Waals surface area contributed by atoms with Crippen LogP contribution in [0.3, 0.4) is 0 Å². The average molecular weight is 828 g/mol. The van der Waals surface area contributed by atoms with E-state index in [1.165, 1.54) is 238 Å². The number of hydrogen-bond donors (Lipinski definition) is 3. The molecule has 0 rings (SSSR count). The van der Waals surface area contributed by atoms with Crippen LogP contribution in [0.25, 0.3) is 0 Å². The number of unbranched alkanes of at least 4 members (excludes halogenated alkanes) is 38. The van der Waals surface area contributed by atoms with Crippen molar-refractivity contribution in [1.29, 1.82) is 0 Å². The van der Waals surface area contributed by atoms with Gasteiger partial charge in [0.25, 0.3) is 0 Å². The summed E-state index contributed by atoms with van der Waals surface area (Å²) in [4.78, 5) is 12.4. The second kappa shape index (κ2) is 51.0. The van der Waals surface area contributed by atoms with Crippen molar-refractivity contribution in [3.05, 3.63) is 36.5 Å². The van der Waals surface area contributed by atoms with Gasteiger partial charge in [0, 0.05) is 6.42 Å². The molecular weight excluding hydrogens is 723 g/mol. The molecule has 0 aromatic rings. The maximum absolute atomic E-state index is 12.4. The van der Waals surface area contributed by atoms with E-state index in [1.807, 2.05) is 6.08 Å². The van der Waals surface area contributed by atoms with Crippen LogP contribution in [0.1, 0.15) is 290 Å². The molecule has 0 radical (unpaired) electrons. The van der Waals surface area contributed by atoms with Crippen LogP contribution in [0.2, 0.25) is 0 Å². The molecule has 0 aliphatic rings. The van der Waals surface area contributed by atoms with Crippen molar-refractivity contribution in [2.75, 3.05) is 6.61 Å². The number of nitrogens with one attached hydrogen (secondary N) is 1. The van der Waals surface area contributed by atoms with Gasteiger partial charge in [0.1, 0.15) is 0 Å². The van der Waals surface area contributed by atoms with Gasteiger partial charge in [0.2, 0.25) is 5.91 Å². The van der Waals surface area contributed by atoms with Gasteiger partial charge in [-0.05, 0) is 57.8 Å². The minimum atomic E-state index is -0.859. The van der Waals surface area contributed by atoms with Crippen LogP contribution in [0.15, 0.2) is 36.5 Å². The van der Waals surface area contributed by atoms with Gasteiger partial charge in [-0.2, -0.15) is 0 Å². The van der Waals surface area contributed by atoms with Crippen molar-refractivity contribution in [3.63, 3.8) is 0 Å². The van der Waals surface area contributed by atoms with Crippen LogP contribution in [0.5, 0.6) is 0 Å². The van der Waals surface area contributed by atoms with E-state index in [1.54, 1.807) is 6.08 Å². The monoisotopic (exact) mass is 828 g/mol. The predicted molar refractivity (Wildman–Crippen MR) is 262 cm³/mol. The van der Waals surface area contributed by atoms with E-state index in [0.717, 1.165) is 32.1 Å². The highest BCUT2D eigenvalue weighted by atomic mass is 16.3. The third-order valence-electron chi connectivity index (χ3n) is 12.3. The molecule has 0 spiro atoms. The summed E-state index contributed by atoms with van der Waals surface area (Å²) in [6.45, 7) is 4.31. The molecule has 0 aromatic heterocycles. The topological polar surface area (TPSA) is 69.6 Å². The first-order chi connectivity index (χ1) is 29.2. The summed E-state index contributed by atoms with van der Waals surface area (Å²) in [5.41, 5.74) is 0. The zero-order valence-corrected chi connectivity index (χ0v) is 40.0. The minimum Gasteiger partial charge on any atom is -0.394 e. The van der Waals surface area contributed by atoms with Gasteiger partial charge in [0.15, 0.2) is 0 Å². The molecule has 0 aliphatic heterocycles. The number of rotatable bonds is 49. The molecule has 348 valence electrons.